The largest absolute Gasteiger partial charge is 0.292 e. The third kappa shape index (κ3) is 3.88. The molecule has 0 heterocycles. The monoisotopic (exact) mass is 431 g/mol. The molecule has 9 atom stereocenters. The highest BCUT2D eigenvalue weighted by Gasteiger charge is 2.62. The van der Waals surface area contributed by atoms with Crippen LogP contribution in [0.4, 0.5) is 0 Å². The Morgan fingerprint density at radius 1 is 1.00 bits per heavy atom. The van der Waals surface area contributed by atoms with Crippen molar-refractivity contribution in [3.63, 3.8) is 0 Å². The number of rotatable bonds is 6. The standard InChI is InChI=1S/C27H45NO3/c1-17(2)7-6-8-18(3)21-11-12-22-20-10-9-19-15-25(29)24(28(30)31)16-27(19,5)23(20)13-14-26(21,22)4/h17-24H,6-16H2,1-5H3/t18-,19+,20+,21-,22+,23+,24+,26-,27+/m1/s1. The molecule has 4 saturated carbocycles. The molecule has 4 rings (SSSR count). The molecular formula is C27H45NO3. The summed E-state index contributed by atoms with van der Waals surface area (Å²) in [4.78, 5) is 23.8. The number of fused-ring (bicyclic) bond motifs is 5. The highest BCUT2D eigenvalue weighted by atomic mass is 16.6. The molecule has 4 aliphatic carbocycles. The van der Waals surface area contributed by atoms with Gasteiger partial charge in [0.2, 0.25) is 5.78 Å². The maximum Gasteiger partial charge on any atom is 0.270 e. The molecule has 4 fully saturated rings. The molecule has 4 heteroatoms. The van der Waals surface area contributed by atoms with Gasteiger partial charge in [-0.3, -0.25) is 14.9 Å². The molecule has 0 unspecified atom stereocenters. The lowest BCUT2D eigenvalue weighted by Gasteiger charge is -2.60. The van der Waals surface area contributed by atoms with Crippen LogP contribution in [-0.4, -0.2) is 16.7 Å². The number of hydrogen-bond acceptors (Lipinski definition) is 3. The molecule has 0 aromatic carbocycles. The van der Waals surface area contributed by atoms with E-state index in [-0.39, 0.29) is 16.1 Å². The summed E-state index contributed by atoms with van der Waals surface area (Å²) in [5.74, 6) is 4.79. The normalized spacial score (nSPS) is 45.7. The molecule has 0 aromatic rings. The van der Waals surface area contributed by atoms with Crippen molar-refractivity contribution in [3.05, 3.63) is 10.1 Å². The molecule has 0 saturated heterocycles. The fourth-order valence-electron chi connectivity index (χ4n) is 9.31. The van der Waals surface area contributed by atoms with Gasteiger partial charge in [-0.2, -0.15) is 0 Å². The molecule has 0 N–H and O–H groups in total. The summed E-state index contributed by atoms with van der Waals surface area (Å²) >= 11 is 0. The summed E-state index contributed by atoms with van der Waals surface area (Å²) in [7, 11) is 0. The first-order valence-corrected chi connectivity index (χ1v) is 13.2. The molecule has 176 valence electrons. The van der Waals surface area contributed by atoms with E-state index in [0.29, 0.717) is 36.0 Å². The molecule has 0 aromatic heterocycles. The van der Waals surface area contributed by atoms with Crippen LogP contribution in [0.1, 0.15) is 105 Å². The van der Waals surface area contributed by atoms with Crippen molar-refractivity contribution in [1.82, 2.24) is 0 Å². The van der Waals surface area contributed by atoms with Gasteiger partial charge in [0.05, 0.1) is 0 Å². The SMILES string of the molecule is CC(C)CCC[C@@H](C)[C@H]1CC[C@H]2[C@@H]3CC[C@H]4CC(=O)[C@@H]([N+](=O)[O-])C[C@]4(C)[C@H]3CC[C@]12C. The van der Waals surface area contributed by atoms with E-state index in [1.165, 1.54) is 51.4 Å². The van der Waals surface area contributed by atoms with Crippen LogP contribution in [-0.2, 0) is 4.79 Å². The lowest BCUT2D eigenvalue weighted by Crippen LogP contribution is -2.57. The third-order valence-electron chi connectivity index (χ3n) is 11.0. The molecule has 31 heavy (non-hydrogen) atoms. The zero-order chi connectivity index (χ0) is 22.6. The second-order valence-corrected chi connectivity index (χ2v) is 12.9. The van der Waals surface area contributed by atoms with Gasteiger partial charge in [-0.05, 0) is 90.8 Å². The quantitative estimate of drug-likeness (QED) is 0.338. The van der Waals surface area contributed by atoms with E-state index in [2.05, 4.69) is 34.6 Å². The van der Waals surface area contributed by atoms with Crippen molar-refractivity contribution in [2.45, 2.75) is 111 Å². The van der Waals surface area contributed by atoms with Crippen LogP contribution in [0.15, 0.2) is 0 Å². The van der Waals surface area contributed by atoms with Crippen LogP contribution in [0.2, 0.25) is 0 Å². The van der Waals surface area contributed by atoms with E-state index >= 15 is 0 Å². The molecule has 4 nitrogen and oxygen atoms in total. The third-order valence-corrected chi connectivity index (χ3v) is 11.0. The van der Waals surface area contributed by atoms with Crippen molar-refractivity contribution in [2.75, 3.05) is 0 Å². The molecule has 0 amide bonds. The Labute approximate surface area is 189 Å². The first kappa shape index (κ1) is 23.2. The summed E-state index contributed by atoms with van der Waals surface area (Å²) in [6.45, 7) is 12.1. The molecule has 0 radical (unpaired) electrons. The van der Waals surface area contributed by atoms with Crippen LogP contribution in [0.5, 0.6) is 0 Å². The van der Waals surface area contributed by atoms with Crippen LogP contribution in [0, 0.1) is 62.4 Å². The number of carbonyl (C=O) groups excluding carboxylic acids is 1. The van der Waals surface area contributed by atoms with Gasteiger partial charge in [-0.25, -0.2) is 0 Å². The molecule has 0 aliphatic heterocycles. The van der Waals surface area contributed by atoms with E-state index in [4.69, 9.17) is 0 Å². The van der Waals surface area contributed by atoms with E-state index in [1.807, 2.05) is 0 Å². The van der Waals surface area contributed by atoms with Gasteiger partial charge in [-0.1, -0.05) is 53.9 Å². The van der Waals surface area contributed by atoms with E-state index in [0.717, 1.165) is 30.1 Å². The van der Waals surface area contributed by atoms with Gasteiger partial charge in [0.25, 0.3) is 6.04 Å². The summed E-state index contributed by atoms with van der Waals surface area (Å²) in [5, 5.41) is 11.6. The molecular weight excluding hydrogens is 386 g/mol. The lowest BCUT2D eigenvalue weighted by atomic mass is 9.44. The van der Waals surface area contributed by atoms with Gasteiger partial charge < -0.3 is 0 Å². The number of nitro groups is 1. The number of ketones is 1. The van der Waals surface area contributed by atoms with Crippen molar-refractivity contribution >= 4 is 5.78 Å². The van der Waals surface area contributed by atoms with Crippen molar-refractivity contribution in [3.8, 4) is 0 Å². The Balaban J connectivity index is 1.50. The summed E-state index contributed by atoms with van der Waals surface area (Å²) in [5.41, 5.74) is 0.436. The van der Waals surface area contributed by atoms with E-state index in [9.17, 15) is 14.9 Å². The lowest BCUT2D eigenvalue weighted by molar-refractivity contribution is -0.514. The second-order valence-electron chi connectivity index (χ2n) is 12.9. The zero-order valence-corrected chi connectivity index (χ0v) is 20.6. The topological polar surface area (TPSA) is 60.2 Å². The number of carbonyl (C=O) groups is 1. The van der Waals surface area contributed by atoms with Gasteiger partial charge in [0, 0.05) is 17.8 Å². The average molecular weight is 432 g/mol. The second kappa shape index (κ2) is 8.45. The van der Waals surface area contributed by atoms with E-state index < -0.39 is 6.04 Å². The summed E-state index contributed by atoms with van der Waals surface area (Å²) in [6.07, 6.45) is 12.6. The first-order chi connectivity index (χ1) is 14.6. The smallest absolute Gasteiger partial charge is 0.270 e. The number of Topliss-reactive ketones (excluding diaryl/α,β-unsaturated/α-hetero) is 1. The predicted molar refractivity (Wildman–Crippen MR) is 124 cm³/mol. The molecule has 4 aliphatic rings. The van der Waals surface area contributed by atoms with Crippen LogP contribution >= 0.6 is 0 Å². The van der Waals surface area contributed by atoms with Gasteiger partial charge in [0.1, 0.15) is 0 Å². The minimum absolute atomic E-state index is 0.0170. The maximum atomic E-state index is 12.4. The Hall–Kier alpha value is -0.930. The fraction of sp³-hybridized carbons (Fsp3) is 0.963. The number of hydrogen-bond donors (Lipinski definition) is 0. The summed E-state index contributed by atoms with van der Waals surface area (Å²) < 4.78 is 0. The average Bonchev–Trinajstić information content (AvgIpc) is 3.05. The van der Waals surface area contributed by atoms with Gasteiger partial charge >= 0.3 is 0 Å². The fourth-order valence-corrected chi connectivity index (χ4v) is 9.31. The van der Waals surface area contributed by atoms with Gasteiger partial charge in [-0.15, -0.1) is 0 Å². The highest BCUT2D eigenvalue weighted by Crippen LogP contribution is 2.68. The number of nitrogens with zero attached hydrogens (tertiary/aromatic N) is 1. The van der Waals surface area contributed by atoms with Crippen molar-refractivity contribution < 1.29 is 9.72 Å². The van der Waals surface area contributed by atoms with Gasteiger partial charge in [0.15, 0.2) is 0 Å². The predicted octanol–water partition coefficient (Wildman–Crippen LogP) is 6.93. The minimum Gasteiger partial charge on any atom is -0.292 e. The van der Waals surface area contributed by atoms with Crippen LogP contribution in [0.25, 0.3) is 0 Å². The maximum absolute atomic E-state index is 12.4. The summed E-state index contributed by atoms with van der Waals surface area (Å²) in [6, 6.07) is -0.953. The Kier molecular flexibility index (Phi) is 6.33. The Bertz CT molecular complexity index is 705. The molecule has 0 bridgehead atoms. The van der Waals surface area contributed by atoms with Crippen molar-refractivity contribution in [1.29, 1.82) is 0 Å². The van der Waals surface area contributed by atoms with E-state index in [1.54, 1.807) is 0 Å². The first-order valence-electron chi connectivity index (χ1n) is 13.2. The highest BCUT2D eigenvalue weighted by molar-refractivity contribution is 5.84. The Morgan fingerprint density at radius 2 is 1.71 bits per heavy atom. The Morgan fingerprint density at radius 3 is 2.39 bits per heavy atom. The van der Waals surface area contributed by atoms with Crippen molar-refractivity contribution in [2.24, 2.45) is 52.3 Å². The minimum atomic E-state index is -0.953. The zero-order valence-electron chi connectivity index (χ0n) is 20.6. The van der Waals surface area contributed by atoms with Crippen LogP contribution < -0.4 is 0 Å². The molecule has 0 spiro atoms. The van der Waals surface area contributed by atoms with Crippen LogP contribution in [0.3, 0.4) is 0 Å².